The van der Waals surface area contributed by atoms with E-state index in [9.17, 15) is 18.0 Å². The van der Waals surface area contributed by atoms with Crippen molar-refractivity contribution in [3.63, 3.8) is 0 Å². The summed E-state index contributed by atoms with van der Waals surface area (Å²) in [5, 5.41) is 4.36. The van der Waals surface area contributed by atoms with Gasteiger partial charge in [0.1, 0.15) is 5.75 Å². The van der Waals surface area contributed by atoms with Crippen molar-refractivity contribution in [3.8, 4) is 5.75 Å². The number of amides is 1. The maximum absolute atomic E-state index is 13.0. The van der Waals surface area contributed by atoms with Crippen LogP contribution in [0.4, 0.5) is 18.9 Å². The van der Waals surface area contributed by atoms with Crippen molar-refractivity contribution in [1.29, 1.82) is 0 Å². The molecule has 0 spiro atoms. The summed E-state index contributed by atoms with van der Waals surface area (Å²) >= 11 is 0. The largest absolute Gasteiger partial charge is 0.493 e. The number of rotatable bonds is 4. The minimum atomic E-state index is -4.46. The molecule has 0 atom stereocenters. The van der Waals surface area contributed by atoms with Gasteiger partial charge in [-0.15, -0.1) is 0 Å². The predicted octanol–water partition coefficient (Wildman–Crippen LogP) is 6.39. The van der Waals surface area contributed by atoms with Crippen molar-refractivity contribution in [2.75, 3.05) is 11.9 Å². The highest BCUT2D eigenvalue weighted by atomic mass is 19.4. The first kappa shape index (κ1) is 20.0. The summed E-state index contributed by atoms with van der Waals surface area (Å²) in [6, 6.07) is 14.7. The fourth-order valence-electron chi connectivity index (χ4n) is 3.47. The Balaban J connectivity index is 1.78. The SMILES string of the molecule is CC(C)COc1ccc(/C=C2/C(=O)Nc3cc(C(F)(F)F)ccc32)c2ccccc12. The Morgan fingerprint density at radius 3 is 2.47 bits per heavy atom. The lowest BCUT2D eigenvalue weighted by Crippen LogP contribution is -2.06. The second-order valence-electron chi connectivity index (χ2n) is 7.67. The molecule has 0 aliphatic carbocycles. The highest BCUT2D eigenvalue weighted by Gasteiger charge is 2.33. The van der Waals surface area contributed by atoms with E-state index in [0.717, 1.165) is 34.2 Å². The van der Waals surface area contributed by atoms with Crippen LogP contribution in [0.3, 0.4) is 0 Å². The van der Waals surface area contributed by atoms with E-state index in [1.807, 2.05) is 36.4 Å². The number of ether oxygens (including phenoxy) is 1. The standard InChI is InChI=1S/C24H20F3NO2/c1-14(2)13-30-22-10-7-15(17-5-3-4-6-19(17)22)11-20-18-9-8-16(24(25,26)27)12-21(18)28-23(20)29/h3-12,14H,13H2,1-2H3,(H,28,29)/b20-11+. The molecule has 3 aromatic carbocycles. The van der Waals surface area contributed by atoms with Gasteiger partial charge in [0.25, 0.3) is 5.91 Å². The number of halogens is 3. The number of alkyl halides is 3. The van der Waals surface area contributed by atoms with Crippen molar-refractivity contribution >= 4 is 34.0 Å². The van der Waals surface area contributed by atoms with Crippen LogP contribution in [0.15, 0.2) is 54.6 Å². The molecule has 0 saturated heterocycles. The van der Waals surface area contributed by atoms with Crippen molar-refractivity contribution < 1.29 is 22.7 Å². The molecular formula is C24H20F3NO2. The second-order valence-corrected chi connectivity index (χ2v) is 7.67. The average molecular weight is 411 g/mol. The van der Waals surface area contributed by atoms with E-state index in [-0.39, 0.29) is 5.69 Å². The Labute approximate surface area is 172 Å². The van der Waals surface area contributed by atoms with E-state index >= 15 is 0 Å². The summed E-state index contributed by atoms with van der Waals surface area (Å²) in [7, 11) is 0. The summed E-state index contributed by atoms with van der Waals surface area (Å²) in [5.41, 5.74) is 0.958. The molecular weight excluding hydrogens is 391 g/mol. The molecule has 1 aliphatic heterocycles. The van der Waals surface area contributed by atoms with Crippen LogP contribution in [-0.4, -0.2) is 12.5 Å². The molecule has 0 bridgehead atoms. The van der Waals surface area contributed by atoms with Crippen molar-refractivity contribution in [2.24, 2.45) is 5.92 Å². The first-order valence-corrected chi connectivity index (χ1v) is 9.63. The lowest BCUT2D eigenvalue weighted by Gasteiger charge is -2.13. The van der Waals surface area contributed by atoms with Crippen LogP contribution in [0, 0.1) is 5.92 Å². The zero-order chi connectivity index (χ0) is 21.5. The number of benzene rings is 3. The van der Waals surface area contributed by atoms with Crippen LogP contribution in [0.5, 0.6) is 5.75 Å². The number of carbonyl (C=O) groups is 1. The first-order chi connectivity index (χ1) is 14.2. The summed E-state index contributed by atoms with van der Waals surface area (Å²) in [5.74, 6) is 0.715. The van der Waals surface area contributed by atoms with Gasteiger partial charge in [0, 0.05) is 22.2 Å². The molecule has 1 aliphatic rings. The summed E-state index contributed by atoms with van der Waals surface area (Å²) in [6.45, 7) is 4.73. The molecule has 1 N–H and O–H groups in total. The van der Waals surface area contributed by atoms with E-state index in [2.05, 4.69) is 19.2 Å². The molecule has 1 amide bonds. The Morgan fingerprint density at radius 1 is 1.03 bits per heavy atom. The van der Waals surface area contributed by atoms with Crippen LogP contribution < -0.4 is 10.1 Å². The van der Waals surface area contributed by atoms with Gasteiger partial charge in [0.2, 0.25) is 0 Å². The Morgan fingerprint density at radius 2 is 1.77 bits per heavy atom. The number of anilines is 1. The molecule has 30 heavy (non-hydrogen) atoms. The smallest absolute Gasteiger partial charge is 0.416 e. The lowest BCUT2D eigenvalue weighted by atomic mass is 9.98. The number of hydrogen-bond donors (Lipinski definition) is 1. The maximum Gasteiger partial charge on any atom is 0.416 e. The van der Waals surface area contributed by atoms with Gasteiger partial charge in [0.05, 0.1) is 12.2 Å². The lowest BCUT2D eigenvalue weighted by molar-refractivity contribution is -0.137. The maximum atomic E-state index is 13.0. The average Bonchev–Trinajstić information content (AvgIpc) is 3.01. The first-order valence-electron chi connectivity index (χ1n) is 9.63. The topological polar surface area (TPSA) is 38.3 Å². The number of nitrogens with one attached hydrogen (secondary N) is 1. The van der Waals surface area contributed by atoms with Gasteiger partial charge in [-0.1, -0.05) is 50.2 Å². The van der Waals surface area contributed by atoms with Gasteiger partial charge < -0.3 is 10.1 Å². The third kappa shape index (κ3) is 3.77. The zero-order valence-electron chi connectivity index (χ0n) is 16.5. The molecule has 0 aromatic heterocycles. The molecule has 3 aromatic rings. The van der Waals surface area contributed by atoms with Crippen LogP contribution in [0.25, 0.3) is 22.4 Å². The zero-order valence-corrected chi connectivity index (χ0v) is 16.5. The summed E-state index contributed by atoms with van der Waals surface area (Å²) < 4.78 is 44.9. The minimum Gasteiger partial charge on any atom is -0.493 e. The van der Waals surface area contributed by atoms with Crippen molar-refractivity contribution in [2.45, 2.75) is 20.0 Å². The van der Waals surface area contributed by atoms with Gasteiger partial charge in [0.15, 0.2) is 0 Å². The van der Waals surface area contributed by atoms with E-state index < -0.39 is 17.6 Å². The molecule has 0 unspecified atom stereocenters. The van der Waals surface area contributed by atoms with E-state index in [0.29, 0.717) is 23.7 Å². The predicted molar refractivity (Wildman–Crippen MR) is 112 cm³/mol. The van der Waals surface area contributed by atoms with Gasteiger partial charge in [-0.2, -0.15) is 13.2 Å². The van der Waals surface area contributed by atoms with E-state index in [4.69, 9.17) is 4.74 Å². The van der Waals surface area contributed by atoms with Crippen molar-refractivity contribution in [1.82, 2.24) is 0 Å². The number of carbonyl (C=O) groups excluding carboxylic acids is 1. The molecule has 1 heterocycles. The Bertz CT molecular complexity index is 1160. The fourth-order valence-corrected chi connectivity index (χ4v) is 3.47. The Hall–Kier alpha value is -3.28. The third-order valence-corrected chi connectivity index (χ3v) is 4.92. The van der Waals surface area contributed by atoms with Crippen LogP contribution in [-0.2, 0) is 11.0 Å². The third-order valence-electron chi connectivity index (χ3n) is 4.92. The molecule has 0 fully saturated rings. The highest BCUT2D eigenvalue weighted by Crippen LogP contribution is 2.39. The fraction of sp³-hybridized carbons (Fsp3) is 0.208. The van der Waals surface area contributed by atoms with E-state index in [1.54, 1.807) is 6.08 Å². The highest BCUT2D eigenvalue weighted by molar-refractivity contribution is 6.35. The van der Waals surface area contributed by atoms with Crippen molar-refractivity contribution in [3.05, 3.63) is 71.3 Å². The molecule has 3 nitrogen and oxygen atoms in total. The van der Waals surface area contributed by atoms with Crippen LogP contribution >= 0.6 is 0 Å². The van der Waals surface area contributed by atoms with Gasteiger partial charge in [-0.05, 0) is 41.1 Å². The van der Waals surface area contributed by atoms with Crippen LogP contribution in [0.2, 0.25) is 0 Å². The van der Waals surface area contributed by atoms with Crippen LogP contribution in [0.1, 0.15) is 30.5 Å². The minimum absolute atomic E-state index is 0.169. The number of fused-ring (bicyclic) bond motifs is 2. The molecule has 4 rings (SSSR count). The monoisotopic (exact) mass is 411 g/mol. The number of hydrogen-bond acceptors (Lipinski definition) is 2. The molecule has 0 saturated carbocycles. The molecule has 6 heteroatoms. The molecule has 0 radical (unpaired) electrons. The normalized spacial score (nSPS) is 15.0. The molecule has 154 valence electrons. The van der Waals surface area contributed by atoms with Gasteiger partial charge in [-0.3, -0.25) is 4.79 Å². The Kier molecular flexibility index (Phi) is 5.02. The van der Waals surface area contributed by atoms with E-state index in [1.165, 1.54) is 6.07 Å². The summed E-state index contributed by atoms with van der Waals surface area (Å²) in [4.78, 5) is 12.5. The quantitative estimate of drug-likeness (QED) is 0.506. The summed E-state index contributed by atoms with van der Waals surface area (Å²) in [6.07, 6.45) is -2.75. The second kappa shape index (κ2) is 7.52. The van der Waals surface area contributed by atoms with Gasteiger partial charge >= 0.3 is 6.18 Å². The van der Waals surface area contributed by atoms with Gasteiger partial charge in [-0.25, -0.2) is 0 Å².